The van der Waals surface area contributed by atoms with Crippen LogP contribution in [0.4, 0.5) is 11.4 Å². The molecule has 130 valence electrons. The molecule has 2 aliphatic rings. The van der Waals surface area contributed by atoms with Gasteiger partial charge in [-0.05, 0) is 30.3 Å². The van der Waals surface area contributed by atoms with E-state index in [1.165, 1.54) is 0 Å². The lowest BCUT2D eigenvalue weighted by atomic mass is 9.75. The van der Waals surface area contributed by atoms with Crippen LogP contribution in [-0.2, 0) is 9.31 Å². The molecule has 1 aromatic rings. The van der Waals surface area contributed by atoms with Gasteiger partial charge in [-0.2, -0.15) is 0 Å². The summed E-state index contributed by atoms with van der Waals surface area (Å²) in [6.45, 7) is 9.36. The first kappa shape index (κ1) is 17.2. The number of benzene rings is 1. The van der Waals surface area contributed by atoms with Crippen LogP contribution in [-0.4, -0.2) is 38.3 Å². The molecule has 0 amide bonds. The Morgan fingerprint density at radius 1 is 1.25 bits per heavy atom. The van der Waals surface area contributed by atoms with Crippen molar-refractivity contribution in [1.29, 1.82) is 0 Å². The van der Waals surface area contributed by atoms with Gasteiger partial charge in [-0.1, -0.05) is 26.8 Å². The second-order valence-corrected chi connectivity index (χ2v) is 7.79. The number of nitro groups is 1. The standard InChI is InChI=1S/C17H25BN2O4/c1-13-6-8-19(9-7-13)16-10-14(4-5-15(16)20(21)22)18-23-11-17(2,3)12-24-18/h4-5,10,13H,6-9,11-12H2,1-3H3. The van der Waals surface area contributed by atoms with Gasteiger partial charge in [0.2, 0.25) is 0 Å². The van der Waals surface area contributed by atoms with E-state index < -0.39 is 7.12 Å². The molecule has 24 heavy (non-hydrogen) atoms. The third kappa shape index (κ3) is 3.73. The number of piperidine rings is 1. The van der Waals surface area contributed by atoms with Gasteiger partial charge in [0, 0.05) is 37.8 Å². The van der Waals surface area contributed by atoms with Crippen molar-refractivity contribution in [3.05, 3.63) is 28.3 Å². The van der Waals surface area contributed by atoms with Gasteiger partial charge in [0.25, 0.3) is 5.69 Å². The monoisotopic (exact) mass is 332 g/mol. The second-order valence-electron chi connectivity index (χ2n) is 7.79. The SMILES string of the molecule is CC1CCN(c2cc(B3OCC(C)(C)CO3)ccc2[N+](=O)[O-])CC1. The van der Waals surface area contributed by atoms with E-state index in [1.807, 2.05) is 6.07 Å². The average molecular weight is 332 g/mol. The van der Waals surface area contributed by atoms with Crippen molar-refractivity contribution in [2.75, 3.05) is 31.2 Å². The average Bonchev–Trinajstić information content (AvgIpc) is 2.55. The molecule has 2 aliphatic heterocycles. The number of hydrogen-bond donors (Lipinski definition) is 0. The van der Waals surface area contributed by atoms with Crippen LogP contribution in [0, 0.1) is 21.4 Å². The van der Waals surface area contributed by atoms with Crippen molar-refractivity contribution in [3.8, 4) is 0 Å². The smallest absolute Gasteiger partial charge is 0.407 e. The van der Waals surface area contributed by atoms with Crippen molar-refractivity contribution in [3.63, 3.8) is 0 Å². The lowest BCUT2D eigenvalue weighted by molar-refractivity contribution is -0.384. The lowest BCUT2D eigenvalue weighted by Gasteiger charge is -2.34. The Morgan fingerprint density at radius 3 is 2.46 bits per heavy atom. The third-order valence-corrected chi connectivity index (χ3v) is 4.84. The van der Waals surface area contributed by atoms with Crippen LogP contribution in [0.3, 0.4) is 0 Å². The summed E-state index contributed by atoms with van der Waals surface area (Å²) in [5.74, 6) is 0.677. The molecule has 1 aromatic carbocycles. The van der Waals surface area contributed by atoms with Crippen LogP contribution in [0.15, 0.2) is 18.2 Å². The normalized spacial score (nSPS) is 21.8. The highest BCUT2D eigenvalue weighted by Gasteiger charge is 2.35. The fourth-order valence-electron chi connectivity index (χ4n) is 3.23. The van der Waals surface area contributed by atoms with E-state index in [9.17, 15) is 10.1 Å². The molecule has 0 aliphatic carbocycles. The molecular formula is C17H25BN2O4. The molecular weight excluding hydrogens is 307 g/mol. The topological polar surface area (TPSA) is 64.8 Å². The Hall–Kier alpha value is -1.60. The van der Waals surface area contributed by atoms with E-state index in [1.54, 1.807) is 12.1 Å². The summed E-state index contributed by atoms with van der Waals surface area (Å²) >= 11 is 0. The van der Waals surface area contributed by atoms with Crippen molar-refractivity contribution in [1.82, 2.24) is 0 Å². The van der Waals surface area contributed by atoms with Gasteiger partial charge in [0.05, 0.1) is 4.92 Å². The Labute approximate surface area is 143 Å². The van der Waals surface area contributed by atoms with E-state index in [0.717, 1.165) is 31.4 Å². The molecule has 0 N–H and O–H groups in total. The second kappa shape index (κ2) is 6.72. The molecule has 0 unspecified atom stereocenters. The number of anilines is 1. The largest absolute Gasteiger partial charge is 0.493 e. The first-order valence-corrected chi connectivity index (χ1v) is 8.62. The van der Waals surface area contributed by atoms with E-state index in [2.05, 4.69) is 25.7 Å². The number of nitro benzene ring substituents is 1. The lowest BCUT2D eigenvalue weighted by Crippen LogP contribution is -2.47. The fourth-order valence-corrected chi connectivity index (χ4v) is 3.23. The Bertz CT molecular complexity index is 605. The van der Waals surface area contributed by atoms with Gasteiger partial charge in [-0.25, -0.2) is 0 Å². The molecule has 0 radical (unpaired) electrons. The van der Waals surface area contributed by atoms with Crippen LogP contribution in [0.2, 0.25) is 0 Å². The Balaban J connectivity index is 1.85. The van der Waals surface area contributed by atoms with Gasteiger partial charge in [0.1, 0.15) is 5.69 Å². The molecule has 2 heterocycles. The van der Waals surface area contributed by atoms with Crippen molar-refractivity contribution < 1.29 is 14.2 Å². The van der Waals surface area contributed by atoms with Crippen molar-refractivity contribution in [2.45, 2.75) is 33.6 Å². The molecule has 2 fully saturated rings. The molecule has 6 nitrogen and oxygen atoms in total. The summed E-state index contributed by atoms with van der Waals surface area (Å²) in [7, 11) is -0.443. The quantitative estimate of drug-likeness (QED) is 0.484. The van der Waals surface area contributed by atoms with Gasteiger partial charge in [-0.15, -0.1) is 0 Å². The summed E-state index contributed by atoms with van der Waals surface area (Å²) < 4.78 is 11.7. The van der Waals surface area contributed by atoms with Crippen LogP contribution < -0.4 is 10.4 Å². The molecule has 2 saturated heterocycles. The number of rotatable bonds is 3. The predicted molar refractivity (Wildman–Crippen MR) is 94.8 cm³/mol. The van der Waals surface area contributed by atoms with Crippen molar-refractivity contribution in [2.24, 2.45) is 11.3 Å². The molecule has 0 bridgehead atoms. The van der Waals surface area contributed by atoms with Gasteiger partial charge < -0.3 is 14.2 Å². The third-order valence-electron chi connectivity index (χ3n) is 4.84. The first-order valence-electron chi connectivity index (χ1n) is 8.62. The van der Waals surface area contributed by atoms with Gasteiger partial charge >= 0.3 is 7.12 Å². The first-order chi connectivity index (χ1) is 11.4. The molecule has 3 rings (SSSR count). The minimum atomic E-state index is -0.443. The van der Waals surface area contributed by atoms with Crippen LogP contribution >= 0.6 is 0 Å². The van der Waals surface area contributed by atoms with Gasteiger partial charge in [-0.3, -0.25) is 10.1 Å². The summed E-state index contributed by atoms with van der Waals surface area (Å²) in [6, 6.07) is 5.20. The highest BCUT2D eigenvalue weighted by molar-refractivity contribution is 6.61. The Kier molecular flexibility index (Phi) is 4.83. The van der Waals surface area contributed by atoms with E-state index in [-0.39, 0.29) is 16.0 Å². The number of hydrogen-bond acceptors (Lipinski definition) is 5. The van der Waals surface area contributed by atoms with Crippen molar-refractivity contribution >= 4 is 24.0 Å². The molecule has 7 heteroatoms. The summed E-state index contributed by atoms with van der Waals surface area (Å²) in [5, 5.41) is 11.4. The maximum atomic E-state index is 11.4. The van der Waals surface area contributed by atoms with E-state index in [4.69, 9.17) is 9.31 Å². The predicted octanol–water partition coefficient (Wildman–Crippen LogP) is 2.60. The maximum absolute atomic E-state index is 11.4. The molecule has 0 spiro atoms. The zero-order valence-corrected chi connectivity index (χ0v) is 14.7. The zero-order chi connectivity index (χ0) is 17.3. The van der Waals surface area contributed by atoms with E-state index in [0.29, 0.717) is 24.8 Å². The van der Waals surface area contributed by atoms with Crippen LogP contribution in [0.5, 0.6) is 0 Å². The van der Waals surface area contributed by atoms with Crippen LogP contribution in [0.25, 0.3) is 0 Å². The number of nitrogens with zero attached hydrogens (tertiary/aromatic N) is 2. The molecule has 0 saturated carbocycles. The maximum Gasteiger partial charge on any atom is 0.493 e. The highest BCUT2D eigenvalue weighted by atomic mass is 16.6. The summed E-state index contributed by atoms with van der Waals surface area (Å²) in [6.07, 6.45) is 2.12. The minimum absolute atomic E-state index is 0.00309. The summed E-state index contributed by atoms with van der Waals surface area (Å²) in [5.41, 5.74) is 1.69. The highest BCUT2D eigenvalue weighted by Crippen LogP contribution is 2.31. The van der Waals surface area contributed by atoms with Crippen LogP contribution in [0.1, 0.15) is 33.6 Å². The van der Waals surface area contributed by atoms with E-state index >= 15 is 0 Å². The molecule has 0 aromatic heterocycles. The fraction of sp³-hybridized carbons (Fsp3) is 0.647. The Morgan fingerprint density at radius 2 is 1.88 bits per heavy atom. The summed E-state index contributed by atoms with van der Waals surface area (Å²) in [4.78, 5) is 13.2. The zero-order valence-electron chi connectivity index (χ0n) is 14.7. The minimum Gasteiger partial charge on any atom is -0.407 e. The molecule has 0 atom stereocenters. The van der Waals surface area contributed by atoms with Gasteiger partial charge in [0.15, 0.2) is 0 Å².